The lowest BCUT2D eigenvalue weighted by molar-refractivity contribution is -0.146. The molecular formula is C16H32N2O2. The minimum Gasteiger partial charge on any atom is -0.465 e. The first-order chi connectivity index (χ1) is 9.72. The SMILES string of the molecule is CCNC(CCN(CC)C1CCCCC1)C(=O)OCC. The van der Waals surface area contributed by atoms with Gasteiger partial charge in [-0.3, -0.25) is 4.79 Å². The highest BCUT2D eigenvalue weighted by molar-refractivity contribution is 5.75. The molecule has 118 valence electrons. The van der Waals surface area contributed by atoms with Gasteiger partial charge in [-0.05, 0) is 39.3 Å². The monoisotopic (exact) mass is 284 g/mol. The van der Waals surface area contributed by atoms with E-state index < -0.39 is 0 Å². The summed E-state index contributed by atoms with van der Waals surface area (Å²) in [6.45, 7) is 9.44. The second-order valence-electron chi connectivity index (χ2n) is 5.57. The maximum absolute atomic E-state index is 11.9. The summed E-state index contributed by atoms with van der Waals surface area (Å²) in [6.07, 6.45) is 7.58. The number of carbonyl (C=O) groups is 1. The number of ether oxygens (including phenoxy) is 1. The summed E-state index contributed by atoms with van der Waals surface area (Å²) in [5.74, 6) is -0.103. The number of carbonyl (C=O) groups excluding carboxylic acids is 1. The van der Waals surface area contributed by atoms with Gasteiger partial charge in [0.25, 0.3) is 0 Å². The molecule has 20 heavy (non-hydrogen) atoms. The van der Waals surface area contributed by atoms with Gasteiger partial charge in [0.05, 0.1) is 6.61 Å². The van der Waals surface area contributed by atoms with Crippen LogP contribution >= 0.6 is 0 Å². The minimum absolute atomic E-state index is 0.103. The summed E-state index contributed by atoms with van der Waals surface area (Å²) in [6, 6.07) is 0.566. The van der Waals surface area contributed by atoms with Gasteiger partial charge in [-0.15, -0.1) is 0 Å². The third-order valence-corrected chi connectivity index (χ3v) is 4.22. The first-order valence-electron chi connectivity index (χ1n) is 8.36. The Morgan fingerprint density at radius 1 is 1.25 bits per heavy atom. The quantitative estimate of drug-likeness (QED) is 0.661. The van der Waals surface area contributed by atoms with Gasteiger partial charge in [0, 0.05) is 12.6 Å². The van der Waals surface area contributed by atoms with E-state index in [1.807, 2.05) is 13.8 Å². The molecule has 0 aromatic heterocycles. The van der Waals surface area contributed by atoms with Gasteiger partial charge in [0.15, 0.2) is 0 Å². The average Bonchev–Trinajstić information content (AvgIpc) is 2.48. The highest BCUT2D eigenvalue weighted by Crippen LogP contribution is 2.22. The Morgan fingerprint density at radius 3 is 2.50 bits per heavy atom. The number of nitrogens with one attached hydrogen (secondary N) is 1. The maximum Gasteiger partial charge on any atom is 0.323 e. The molecule has 1 aliphatic carbocycles. The van der Waals surface area contributed by atoms with Crippen molar-refractivity contribution in [3.05, 3.63) is 0 Å². The summed E-state index contributed by atoms with van der Waals surface area (Å²) in [7, 11) is 0. The molecular weight excluding hydrogens is 252 g/mol. The summed E-state index contributed by atoms with van der Waals surface area (Å²) in [5.41, 5.74) is 0. The molecule has 1 rings (SSSR count). The summed E-state index contributed by atoms with van der Waals surface area (Å²) in [5, 5.41) is 3.25. The molecule has 1 unspecified atom stereocenters. The highest BCUT2D eigenvalue weighted by Gasteiger charge is 2.23. The van der Waals surface area contributed by atoms with Crippen molar-refractivity contribution in [2.45, 2.75) is 71.4 Å². The second-order valence-corrected chi connectivity index (χ2v) is 5.57. The molecule has 0 amide bonds. The van der Waals surface area contributed by atoms with Crippen LogP contribution in [0.4, 0.5) is 0 Å². The molecule has 4 heteroatoms. The van der Waals surface area contributed by atoms with Gasteiger partial charge in [0.1, 0.15) is 6.04 Å². The molecule has 0 bridgehead atoms. The van der Waals surface area contributed by atoms with Gasteiger partial charge < -0.3 is 15.0 Å². The zero-order chi connectivity index (χ0) is 14.8. The number of hydrogen-bond donors (Lipinski definition) is 1. The standard InChI is InChI=1S/C16H32N2O2/c1-4-17-15(16(19)20-6-3)12-13-18(5-2)14-10-8-7-9-11-14/h14-15,17H,4-13H2,1-3H3. The summed E-state index contributed by atoms with van der Waals surface area (Å²) >= 11 is 0. The lowest BCUT2D eigenvalue weighted by atomic mass is 9.94. The van der Waals surface area contributed by atoms with Crippen LogP contribution in [-0.2, 0) is 9.53 Å². The van der Waals surface area contributed by atoms with Crippen molar-refractivity contribution < 1.29 is 9.53 Å². The normalized spacial score (nSPS) is 18.2. The molecule has 1 N–H and O–H groups in total. The Balaban J connectivity index is 2.43. The van der Waals surface area contributed by atoms with Crippen LogP contribution in [0.25, 0.3) is 0 Å². The van der Waals surface area contributed by atoms with Gasteiger partial charge in [-0.2, -0.15) is 0 Å². The third-order valence-electron chi connectivity index (χ3n) is 4.22. The van der Waals surface area contributed by atoms with Crippen LogP contribution in [0.3, 0.4) is 0 Å². The zero-order valence-electron chi connectivity index (χ0n) is 13.5. The lowest BCUT2D eigenvalue weighted by Gasteiger charge is -2.34. The molecule has 0 radical (unpaired) electrons. The number of likely N-dealkylation sites (N-methyl/N-ethyl adjacent to an activating group) is 1. The molecule has 1 aliphatic rings. The third kappa shape index (κ3) is 5.80. The van der Waals surface area contributed by atoms with E-state index in [2.05, 4.69) is 17.1 Å². The van der Waals surface area contributed by atoms with Crippen LogP contribution in [0, 0.1) is 0 Å². The van der Waals surface area contributed by atoms with Crippen LogP contribution in [0.5, 0.6) is 0 Å². The fourth-order valence-corrected chi connectivity index (χ4v) is 3.13. The Morgan fingerprint density at radius 2 is 1.95 bits per heavy atom. The van der Waals surface area contributed by atoms with Crippen LogP contribution in [0.2, 0.25) is 0 Å². The minimum atomic E-state index is -0.155. The molecule has 1 fully saturated rings. The van der Waals surface area contributed by atoms with E-state index in [0.29, 0.717) is 6.61 Å². The molecule has 1 saturated carbocycles. The van der Waals surface area contributed by atoms with E-state index in [9.17, 15) is 4.79 Å². The molecule has 1 atom stereocenters. The van der Waals surface area contributed by atoms with Crippen LogP contribution < -0.4 is 5.32 Å². The van der Waals surface area contributed by atoms with Gasteiger partial charge in [-0.1, -0.05) is 33.1 Å². The van der Waals surface area contributed by atoms with Crippen molar-refractivity contribution in [3.8, 4) is 0 Å². The van der Waals surface area contributed by atoms with Gasteiger partial charge in [-0.25, -0.2) is 0 Å². The van der Waals surface area contributed by atoms with Crippen LogP contribution in [-0.4, -0.2) is 49.2 Å². The lowest BCUT2D eigenvalue weighted by Crippen LogP contribution is -2.43. The summed E-state index contributed by atoms with van der Waals surface area (Å²) in [4.78, 5) is 14.5. The van der Waals surface area contributed by atoms with Crippen LogP contribution in [0.15, 0.2) is 0 Å². The molecule has 0 aromatic carbocycles. The maximum atomic E-state index is 11.9. The van der Waals surface area contributed by atoms with Crippen molar-refractivity contribution in [1.82, 2.24) is 10.2 Å². The smallest absolute Gasteiger partial charge is 0.323 e. The molecule has 0 heterocycles. The van der Waals surface area contributed by atoms with E-state index in [-0.39, 0.29) is 12.0 Å². The molecule has 0 aliphatic heterocycles. The fraction of sp³-hybridized carbons (Fsp3) is 0.938. The van der Waals surface area contributed by atoms with Gasteiger partial charge in [0.2, 0.25) is 0 Å². The topological polar surface area (TPSA) is 41.6 Å². The molecule has 0 spiro atoms. The van der Waals surface area contributed by atoms with Crippen molar-refractivity contribution in [3.63, 3.8) is 0 Å². The Kier molecular flexibility index (Phi) is 8.86. The Labute approximate surface area is 124 Å². The van der Waals surface area contributed by atoms with Crippen molar-refractivity contribution >= 4 is 5.97 Å². The first-order valence-corrected chi connectivity index (χ1v) is 8.36. The number of hydrogen-bond acceptors (Lipinski definition) is 4. The van der Waals surface area contributed by atoms with E-state index in [1.54, 1.807) is 0 Å². The van der Waals surface area contributed by atoms with Gasteiger partial charge >= 0.3 is 5.97 Å². The zero-order valence-corrected chi connectivity index (χ0v) is 13.5. The van der Waals surface area contributed by atoms with Crippen LogP contribution in [0.1, 0.15) is 59.3 Å². The predicted octanol–water partition coefficient (Wildman–Crippen LogP) is 2.57. The van der Waals surface area contributed by atoms with E-state index in [0.717, 1.165) is 32.1 Å². The largest absolute Gasteiger partial charge is 0.465 e. The fourth-order valence-electron chi connectivity index (χ4n) is 3.13. The number of esters is 1. The number of nitrogens with zero attached hydrogens (tertiary/aromatic N) is 1. The van der Waals surface area contributed by atoms with E-state index in [1.165, 1.54) is 32.1 Å². The Bertz CT molecular complexity index is 265. The van der Waals surface area contributed by atoms with Crippen molar-refractivity contribution in [1.29, 1.82) is 0 Å². The average molecular weight is 284 g/mol. The summed E-state index contributed by atoms with van der Waals surface area (Å²) < 4.78 is 5.15. The number of rotatable bonds is 9. The first kappa shape index (κ1) is 17.4. The van der Waals surface area contributed by atoms with E-state index >= 15 is 0 Å². The van der Waals surface area contributed by atoms with Crippen molar-refractivity contribution in [2.75, 3.05) is 26.2 Å². The second kappa shape index (κ2) is 10.2. The van der Waals surface area contributed by atoms with E-state index in [4.69, 9.17) is 4.74 Å². The molecule has 4 nitrogen and oxygen atoms in total. The Hall–Kier alpha value is -0.610. The van der Waals surface area contributed by atoms with Crippen molar-refractivity contribution in [2.24, 2.45) is 0 Å². The predicted molar refractivity (Wildman–Crippen MR) is 82.8 cm³/mol. The molecule has 0 saturated heterocycles. The molecule has 0 aromatic rings. The highest BCUT2D eigenvalue weighted by atomic mass is 16.5.